The van der Waals surface area contributed by atoms with Crippen LogP contribution in [-0.4, -0.2) is 41.5 Å². The Kier molecular flexibility index (Phi) is 5.41. The number of phenols is 1. The zero-order chi connectivity index (χ0) is 22.8. The van der Waals surface area contributed by atoms with Gasteiger partial charge in [0.05, 0.1) is 22.3 Å². The van der Waals surface area contributed by atoms with Crippen LogP contribution in [0.1, 0.15) is 0 Å². The second kappa shape index (κ2) is 8.67. The fourth-order valence-corrected chi connectivity index (χ4v) is 4.20. The smallest absolute Gasteiger partial charge is 0.323 e. The van der Waals surface area contributed by atoms with Gasteiger partial charge in [-0.25, -0.2) is 4.79 Å². The summed E-state index contributed by atoms with van der Waals surface area (Å²) >= 11 is 1.23. The Hall–Kier alpha value is -4.31. The number of nitrogens with one attached hydrogen (secondary N) is 3. The van der Waals surface area contributed by atoms with Gasteiger partial charge in [-0.1, -0.05) is 42.1 Å². The van der Waals surface area contributed by atoms with Crippen LogP contribution in [0.15, 0.2) is 82.7 Å². The van der Waals surface area contributed by atoms with Crippen LogP contribution in [-0.2, 0) is 4.79 Å². The average Bonchev–Trinajstić information content (AvgIpc) is 3.41. The number of nitrogens with zero attached hydrogens (tertiary/aromatic N) is 3. The van der Waals surface area contributed by atoms with Gasteiger partial charge in [0.25, 0.3) is 0 Å². The number of carbonyl (C=O) groups excluding carboxylic acids is 1. The van der Waals surface area contributed by atoms with E-state index in [9.17, 15) is 14.7 Å². The van der Waals surface area contributed by atoms with Gasteiger partial charge in [-0.2, -0.15) is 0 Å². The average molecular weight is 459 g/mol. The maximum absolute atomic E-state index is 12.6. The Labute approximate surface area is 191 Å². The van der Waals surface area contributed by atoms with Crippen LogP contribution in [0, 0.1) is 0 Å². The third-order valence-corrected chi connectivity index (χ3v) is 5.85. The van der Waals surface area contributed by atoms with Crippen molar-refractivity contribution in [1.29, 1.82) is 0 Å². The Morgan fingerprint density at radius 2 is 1.73 bits per heavy atom. The first-order valence-corrected chi connectivity index (χ1v) is 11.0. The third kappa shape index (κ3) is 4.23. The molecule has 0 fully saturated rings. The van der Waals surface area contributed by atoms with Crippen molar-refractivity contribution in [3.63, 3.8) is 0 Å². The molecule has 0 atom stereocenters. The van der Waals surface area contributed by atoms with E-state index in [-0.39, 0.29) is 23.1 Å². The first-order valence-electron chi connectivity index (χ1n) is 10.0. The molecule has 2 aromatic heterocycles. The predicted octanol–water partition coefficient (Wildman–Crippen LogP) is 3.54. The normalized spacial score (nSPS) is 11.0. The van der Waals surface area contributed by atoms with Gasteiger partial charge in [0.2, 0.25) is 5.91 Å². The summed E-state index contributed by atoms with van der Waals surface area (Å²) in [6, 6.07) is 21.6. The Bertz CT molecular complexity index is 1510. The molecule has 0 aliphatic carbocycles. The molecule has 4 N–H and O–H groups in total. The van der Waals surface area contributed by atoms with Crippen molar-refractivity contribution >= 4 is 34.4 Å². The van der Waals surface area contributed by atoms with Crippen molar-refractivity contribution in [3.05, 3.63) is 83.3 Å². The lowest BCUT2D eigenvalue weighted by Crippen LogP contribution is -2.14. The quantitative estimate of drug-likeness (QED) is 0.288. The summed E-state index contributed by atoms with van der Waals surface area (Å²) in [5.74, 6) is 0.426. The summed E-state index contributed by atoms with van der Waals surface area (Å²) in [4.78, 5) is 29.4. The third-order valence-electron chi connectivity index (χ3n) is 4.92. The molecule has 0 spiro atoms. The number of amides is 1. The molecular formula is C23H18N6O3S. The van der Waals surface area contributed by atoms with E-state index in [1.165, 1.54) is 11.8 Å². The fourth-order valence-electron chi connectivity index (χ4n) is 3.45. The van der Waals surface area contributed by atoms with Crippen molar-refractivity contribution in [2.24, 2.45) is 0 Å². The van der Waals surface area contributed by atoms with Gasteiger partial charge >= 0.3 is 5.69 Å². The number of imidazole rings is 1. The van der Waals surface area contributed by atoms with E-state index in [0.29, 0.717) is 33.3 Å². The SMILES string of the molecule is O=C(CSc1nnc(-c2ccccc2O)n1-c1ccccc1)Nc1ccc2[nH]c(=O)[nH]c2c1. The minimum Gasteiger partial charge on any atom is -0.507 e. The van der Waals surface area contributed by atoms with Crippen LogP contribution in [0.3, 0.4) is 0 Å². The van der Waals surface area contributed by atoms with Crippen molar-refractivity contribution in [3.8, 4) is 22.8 Å². The van der Waals surface area contributed by atoms with E-state index in [0.717, 1.165) is 5.69 Å². The van der Waals surface area contributed by atoms with Gasteiger partial charge in [0.15, 0.2) is 11.0 Å². The lowest BCUT2D eigenvalue weighted by Gasteiger charge is -2.11. The zero-order valence-corrected chi connectivity index (χ0v) is 18.0. The zero-order valence-electron chi connectivity index (χ0n) is 17.1. The number of rotatable bonds is 6. The molecule has 2 heterocycles. The van der Waals surface area contributed by atoms with E-state index in [1.54, 1.807) is 36.4 Å². The second-order valence-corrected chi connectivity index (χ2v) is 8.11. The molecule has 0 aliphatic rings. The van der Waals surface area contributed by atoms with E-state index in [1.807, 2.05) is 41.0 Å². The fraction of sp³-hybridized carbons (Fsp3) is 0.0435. The number of benzene rings is 3. The number of phenolic OH excluding ortho intramolecular Hbond substituents is 1. The minimum absolute atomic E-state index is 0.0907. The molecule has 33 heavy (non-hydrogen) atoms. The number of hydrogen-bond acceptors (Lipinski definition) is 6. The van der Waals surface area contributed by atoms with Gasteiger partial charge in [-0.05, 0) is 42.5 Å². The van der Waals surface area contributed by atoms with Gasteiger partial charge < -0.3 is 20.4 Å². The number of anilines is 1. The lowest BCUT2D eigenvalue weighted by atomic mass is 10.2. The number of para-hydroxylation sites is 2. The summed E-state index contributed by atoms with van der Waals surface area (Å²) < 4.78 is 1.81. The van der Waals surface area contributed by atoms with E-state index < -0.39 is 0 Å². The molecule has 5 rings (SSSR count). The molecule has 0 aliphatic heterocycles. The number of H-pyrrole nitrogens is 2. The van der Waals surface area contributed by atoms with Crippen LogP contribution >= 0.6 is 11.8 Å². The predicted molar refractivity (Wildman–Crippen MR) is 127 cm³/mol. The van der Waals surface area contributed by atoms with E-state index in [4.69, 9.17) is 0 Å². The number of aromatic hydroxyl groups is 1. The number of hydrogen-bond donors (Lipinski definition) is 4. The summed E-state index contributed by atoms with van der Waals surface area (Å²) in [6.07, 6.45) is 0. The molecule has 9 nitrogen and oxygen atoms in total. The highest BCUT2D eigenvalue weighted by molar-refractivity contribution is 7.99. The summed E-state index contributed by atoms with van der Waals surface area (Å²) in [6.45, 7) is 0. The number of aromatic nitrogens is 5. The van der Waals surface area contributed by atoms with Gasteiger partial charge in [0, 0.05) is 11.4 Å². The van der Waals surface area contributed by atoms with Crippen LogP contribution < -0.4 is 11.0 Å². The summed E-state index contributed by atoms with van der Waals surface area (Å²) in [7, 11) is 0. The second-order valence-electron chi connectivity index (χ2n) is 7.17. The number of thioether (sulfide) groups is 1. The van der Waals surface area contributed by atoms with Gasteiger partial charge in [-0.3, -0.25) is 9.36 Å². The Morgan fingerprint density at radius 3 is 2.55 bits per heavy atom. The van der Waals surface area contributed by atoms with Crippen molar-refractivity contribution in [1.82, 2.24) is 24.7 Å². The highest BCUT2D eigenvalue weighted by Gasteiger charge is 2.19. The first kappa shape index (κ1) is 20.6. The molecular weight excluding hydrogens is 440 g/mol. The summed E-state index contributed by atoms with van der Waals surface area (Å²) in [5.41, 5.74) is 2.90. The Balaban J connectivity index is 1.39. The Morgan fingerprint density at radius 1 is 0.970 bits per heavy atom. The molecule has 5 aromatic rings. The highest BCUT2D eigenvalue weighted by Crippen LogP contribution is 2.32. The van der Waals surface area contributed by atoms with Gasteiger partial charge in [-0.15, -0.1) is 10.2 Å². The molecule has 0 saturated carbocycles. The van der Waals surface area contributed by atoms with Gasteiger partial charge in [0.1, 0.15) is 5.75 Å². The van der Waals surface area contributed by atoms with E-state index >= 15 is 0 Å². The molecule has 0 radical (unpaired) electrons. The van der Waals surface area contributed by atoms with E-state index in [2.05, 4.69) is 25.5 Å². The van der Waals surface area contributed by atoms with Crippen LogP contribution in [0.5, 0.6) is 5.75 Å². The van der Waals surface area contributed by atoms with Crippen molar-refractivity contribution in [2.75, 3.05) is 11.1 Å². The topological polar surface area (TPSA) is 129 Å². The van der Waals surface area contributed by atoms with Crippen molar-refractivity contribution in [2.45, 2.75) is 5.16 Å². The molecule has 1 amide bonds. The largest absolute Gasteiger partial charge is 0.507 e. The maximum atomic E-state index is 12.6. The molecule has 10 heteroatoms. The standard InChI is InChI=1S/C23H18N6O3S/c30-19-9-5-4-8-16(19)21-27-28-23(29(21)15-6-2-1-3-7-15)33-13-20(31)24-14-10-11-17-18(12-14)26-22(32)25-17/h1-12,30H,13H2,(H,24,31)(H2,25,26,32). The molecule has 3 aromatic carbocycles. The van der Waals surface area contributed by atoms with Crippen LogP contribution in [0.2, 0.25) is 0 Å². The molecule has 0 saturated heterocycles. The highest BCUT2D eigenvalue weighted by atomic mass is 32.2. The summed E-state index contributed by atoms with van der Waals surface area (Å²) in [5, 5.41) is 22.2. The van der Waals surface area contributed by atoms with Crippen LogP contribution in [0.4, 0.5) is 5.69 Å². The lowest BCUT2D eigenvalue weighted by molar-refractivity contribution is -0.113. The molecule has 0 unspecified atom stereocenters. The first-order chi connectivity index (χ1) is 16.1. The maximum Gasteiger partial charge on any atom is 0.323 e. The van der Waals surface area contributed by atoms with Crippen LogP contribution in [0.25, 0.3) is 28.1 Å². The number of aromatic amines is 2. The molecule has 164 valence electrons. The molecule has 0 bridgehead atoms. The number of fused-ring (bicyclic) bond motifs is 1. The minimum atomic E-state index is -0.301. The van der Waals surface area contributed by atoms with Crippen molar-refractivity contribution < 1.29 is 9.90 Å². The monoisotopic (exact) mass is 458 g/mol. The number of carbonyl (C=O) groups is 1.